The molecule has 1 aliphatic rings. The van der Waals surface area contributed by atoms with E-state index >= 15 is 0 Å². The second kappa shape index (κ2) is 6.60. The minimum absolute atomic E-state index is 0.0499. The first-order chi connectivity index (χ1) is 9.87. The van der Waals surface area contributed by atoms with Gasteiger partial charge in [0.1, 0.15) is 0 Å². The van der Waals surface area contributed by atoms with Crippen LogP contribution in [0.15, 0.2) is 24.3 Å². The highest BCUT2D eigenvalue weighted by molar-refractivity contribution is 8.00. The number of nitrogens with one attached hydrogen (secondary N) is 1. The fraction of sp³-hybridized carbons (Fsp3) is 0.500. The van der Waals surface area contributed by atoms with Crippen LogP contribution in [0.3, 0.4) is 0 Å². The SMILES string of the molecule is O=C(O)NC(CCSC(F)(F)F)C1CCc2ccccc21. The number of benzene rings is 1. The van der Waals surface area contributed by atoms with Crippen LogP contribution in [0, 0.1) is 0 Å². The lowest BCUT2D eigenvalue weighted by Gasteiger charge is -2.24. The van der Waals surface area contributed by atoms with Crippen LogP contribution in [-0.4, -0.2) is 28.5 Å². The molecule has 2 unspecified atom stereocenters. The molecule has 0 heterocycles. The molecule has 0 aromatic heterocycles. The van der Waals surface area contributed by atoms with Crippen LogP contribution < -0.4 is 5.32 Å². The summed E-state index contributed by atoms with van der Waals surface area (Å²) in [5.74, 6) is -0.196. The van der Waals surface area contributed by atoms with Gasteiger partial charge < -0.3 is 10.4 Å². The Balaban J connectivity index is 2.05. The van der Waals surface area contributed by atoms with E-state index < -0.39 is 17.6 Å². The van der Waals surface area contributed by atoms with Crippen LogP contribution in [-0.2, 0) is 6.42 Å². The van der Waals surface area contributed by atoms with E-state index in [0.29, 0.717) is 0 Å². The predicted molar refractivity (Wildman–Crippen MR) is 75.6 cm³/mol. The first kappa shape index (κ1) is 16.0. The number of carboxylic acid groups (broad SMARTS) is 1. The van der Waals surface area contributed by atoms with Gasteiger partial charge in [-0.3, -0.25) is 0 Å². The number of halogens is 3. The van der Waals surface area contributed by atoms with E-state index in [4.69, 9.17) is 5.11 Å². The lowest BCUT2D eigenvalue weighted by Crippen LogP contribution is -2.38. The molecule has 0 saturated carbocycles. The van der Waals surface area contributed by atoms with Crippen molar-refractivity contribution in [2.45, 2.75) is 36.7 Å². The smallest absolute Gasteiger partial charge is 0.441 e. The lowest BCUT2D eigenvalue weighted by atomic mass is 9.91. The Morgan fingerprint density at radius 1 is 1.43 bits per heavy atom. The van der Waals surface area contributed by atoms with Gasteiger partial charge in [0.2, 0.25) is 0 Å². The second-order valence-electron chi connectivity index (χ2n) is 4.98. The number of aryl methyl sites for hydroxylation is 1. The predicted octanol–water partition coefficient (Wildman–Crippen LogP) is 4.00. The Morgan fingerprint density at radius 2 is 2.14 bits per heavy atom. The monoisotopic (exact) mass is 319 g/mol. The Hall–Kier alpha value is -1.37. The quantitative estimate of drug-likeness (QED) is 0.862. The molecule has 2 rings (SSSR count). The summed E-state index contributed by atoms with van der Waals surface area (Å²) < 4.78 is 36.6. The van der Waals surface area contributed by atoms with Crippen LogP contribution in [0.4, 0.5) is 18.0 Å². The van der Waals surface area contributed by atoms with Crippen molar-refractivity contribution in [3.63, 3.8) is 0 Å². The van der Waals surface area contributed by atoms with E-state index in [0.717, 1.165) is 24.0 Å². The maximum absolute atomic E-state index is 12.2. The van der Waals surface area contributed by atoms with E-state index in [1.807, 2.05) is 24.3 Å². The summed E-state index contributed by atoms with van der Waals surface area (Å²) in [7, 11) is 0. The Bertz CT molecular complexity index is 507. The van der Waals surface area contributed by atoms with Gasteiger partial charge in [-0.25, -0.2) is 4.79 Å². The second-order valence-corrected chi connectivity index (χ2v) is 6.14. The van der Waals surface area contributed by atoms with Gasteiger partial charge in [0.25, 0.3) is 0 Å². The van der Waals surface area contributed by atoms with E-state index in [9.17, 15) is 18.0 Å². The number of hydrogen-bond acceptors (Lipinski definition) is 2. The van der Waals surface area contributed by atoms with Crippen molar-refractivity contribution in [1.82, 2.24) is 5.32 Å². The molecule has 0 fully saturated rings. The van der Waals surface area contributed by atoms with Gasteiger partial charge in [0.05, 0.1) is 0 Å². The highest BCUT2D eigenvalue weighted by Crippen LogP contribution is 2.38. The third kappa shape index (κ3) is 4.56. The fourth-order valence-electron chi connectivity index (χ4n) is 2.84. The van der Waals surface area contributed by atoms with Gasteiger partial charge in [-0.2, -0.15) is 13.2 Å². The number of thioether (sulfide) groups is 1. The molecule has 1 aromatic rings. The minimum atomic E-state index is -4.28. The Labute approximate surface area is 124 Å². The summed E-state index contributed by atoms with van der Waals surface area (Å²) in [4.78, 5) is 10.9. The molecule has 0 radical (unpaired) electrons. The standard InChI is InChI=1S/C14H16F3NO2S/c15-14(16,17)21-8-7-12(18-13(19)20)11-6-5-9-3-1-2-4-10(9)11/h1-4,11-12,18H,5-8H2,(H,19,20). The van der Waals surface area contributed by atoms with Crippen LogP contribution >= 0.6 is 11.8 Å². The molecule has 2 N–H and O–H groups in total. The van der Waals surface area contributed by atoms with Gasteiger partial charge in [-0.1, -0.05) is 36.0 Å². The molecule has 3 nitrogen and oxygen atoms in total. The number of amides is 1. The molecule has 1 amide bonds. The number of carbonyl (C=O) groups is 1. The molecule has 0 saturated heterocycles. The third-order valence-electron chi connectivity index (χ3n) is 3.67. The van der Waals surface area contributed by atoms with Crippen LogP contribution in [0.2, 0.25) is 0 Å². The van der Waals surface area contributed by atoms with Crippen LogP contribution in [0.25, 0.3) is 0 Å². The fourth-order valence-corrected chi connectivity index (χ4v) is 3.45. The normalized spacial score (nSPS) is 19.1. The zero-order valence-corrected chi connectivity index (χ0v) is 12.0. The summed E-state index contributed by atoms with van der Waals surface area (Å²) in [6.45, 7) is 0. The van der Waals surface area contributed by atoms with Crippen molar-refractivity contribution in [2.75, 3.05) is 5.75 Å². The number of rotatable bonds is 5. The molecular formula is C14H16F3NO2S. The number of alkyl halides is 3. The number of hydrogen-bond donors (Lipinski definition) is 2. The average Bonchev–Trinajstić information content (AvgIpc) is 2.79. The van der Waals surface area contributed by atoms with Crippen molar-refractivity contribution in [1.29, 1.82) is 0 Å². The van der Waals surface area contributed by atoms with E-state index in [1.54, 1.807) is 0 Å². The highest BCUT2D eigenvalue weighted by Gasteiger charge is 2.33. The largest absolute Gasteiger partial charge is 0.465 e. The van der Waals surface area contributed by atoms with Crippen molar-refractivity contribution in [3.05, 3.63) is 35.4 Å². The van der Waals surface area contributed by atoms with Gasteiger partial charge in [-0.05, 0) is 30.4 Å². The van der Waals surface area contributed by atoms with E-state index in [2.05, 4.69) is 5.32 Å². The van der Waals surface area contributed by atoms with Gasteiger partial charge >= 0.3 is 11.6 Å². The lowest BCUT2D eigenvalue weighted by molar-refractivity contribution is -0.0328. The van der Waals surface area contributed by atoms with Crippen LogP contribution in [0.5, 0.6) is 0 Å². The molecule has 21 heavy (non-hydrogen) atoms. The van der Waals surface area contributed by atoms with E-state index in [-0.39, 0.29) is 29.9 Å². The van der Waals surface area contributed by atoms with Crippen LogP contribution in [0.1, 0.15) is 29.9 Å². The zero-order valence-electron chi connectivity index (χ0n) is 11.2. The highest BCUT2D eigenvalue weighted by atomic mass is 32.2. The van der Waals surface area contributed by atoms with Crippen molar-refractivity contribution in [3.8, 4) is 0 Å². The summed E-state index contributed by atoms with van der Waals surface area (Å²) in [5, 5.41) is 11.3. The van der Waals surface area contributed by atoms with Gasteiger partial charge in [-0.15, -0.1) is 0 Å². The summed E-state index contributed by atoms with van der Waals surface area (Å²) in [6.07, 6.45) is 0.572. The van der Waals surface area contributed by atoms with Gasteiger partial charge in [0.15, 0.2) is 0 Å². The van der Waals surface area contributed by atoms with Crippen molar-refractivity contribution in [2.24, 2.45) is 0 Å². The maximum Gasteiger partial charge on any atom is 0.441 e. The topological polar surface area (TPSA) is 49.3 Å². The van der Waals surface area contributed by atoms with E-state index in [1.165, 1.54) is 0 Å². The third-order valence-corrected chi connectivity index (χ3v) is 4.44. The first-order valence-electron chi connectivity index (χ1n) is 6.65. The molecule has 0 bridgehead atoms. The molecule has 7 heteroatoms. The Kier molecular flexibility index (Phi) is 5.03. The molecule has 116 valence electrons. The van der Waals surface area contributed by atoms with Gasteiger partial charge in [0, 0.05) is 17.7 Å². The summed E-state index contributed by atoms with van der Waals surface area (Å²) >= 11 is -0.104. The molecular weight excluding hydrogens is 303 g/mol. The summed E-state index contributed by atoms with van der Waals surface area (Å²) in [6, 6.07) is 7.22. The molecule has 2 atom stereocenters. The minimum Gasteiger partial charge on any atom is -0.465 e. The average molecular weight is 319 g/mol. The maximum atomic E-state index is 12.2. The molecule has 1 aromatic carbocycles. The molecule has 0 spiro atoms. The summed E-state index contributed by atoms with van der Waals surface area (Å²) in [5.41, 5.74) is -2.07. The van der Waals surface area contributed by atoms with Crippen molar-refractivity contribution < 1.29 is 23.1 Å². The number of fused-ring (bicyclic) bond motifs is 1. The molecule has 0 aliphatic heterocycles. The molecule has 1 aliphatic carbocycles. The van der Waals surface area contributed by atoms with Crippen molar-refractivity contribution >= 4 is 17.9 Å². The Morgan fingerprint density at radius 3 is 2.81 bits per heavy atom. The first-order valence-corrected chi connectivity index (χ1v) is 7.63. The zero-order chi connectivity index (χ0) is 15.5.